The van der Waals surface area contributed by atoms with Gasteiger partial charge in [-0.15, -0.1) is 6.58 Å². The number of para-hydroxylation sites is 2. The number of phenolic OH excluding ortho intramolecular Hbond substituents is 1. The van der Waals surface area contributed by atoms with E-state index in [0.29, 0.717) is 34.9 Å². The number of hydrogen-bond donors (Lipinski definition) is 1. The molecule has 3 fully saturated rings. The molecule has 0 radical (unpaired) electrons. The topological polar surface area (TPSA) is 111 Å². The number of imide groups is 2. The van der Waals surface area contributed by atoms with E-state index in [-0.39, 0.29) is 23.6 Å². The number of anilines is 2. The normalized spacial score (nSPS) is 27.6. The summed E-state index contributed by atoms with van der Waals surface area (Å²) < 4.78 is 40.7. The summed E-state index contributed by atoms with van der Waals surface area (Å²) in [5.41, 5.74) is -0.604. The van der Waals surface area contributed by atoms with E-state index in [1.54, 1.807) is 61.5 Å². The van der Waals surface area contributed by atoms with Gasteiger partial charge >= 0.3 is 6.18 Å². The van der Waals surface area contributed by atoms with Gasteiger partial charge in [-0.3, -0.25) is 24.2 Å². The van der Waals surface area contributed by atoms with Gasteiger partial charge in [0.25, 0.3) is 11.8 Å². The lowest BCUT2D eigenvalue weighted by Gasteiger charge is -2.49. The van der Waals surface area contributed by atoms with Crippen LogP contribution in [0, 0.1) is 29.1 Å². The van der Waals surface area contributed by atoms with Crippen molar-refractivity contribution >= 4 is 46.7 Å². The molecule has 0 unspecified atom stereocenters. The van der Waals surface area contributed by atoms with Crippen molar-refractivity contribution in [1.82, 2.24) is 9.99 Å². The standard InChI is InChI=1S/C37H32ClF3N4O5/c1-4-9-19-10-8-13-23(30(19)46)29-21-14-15-22-28(24(21)18-25-33(48)44(35(50)36(25,29)2)20-11-6-5-7-12-20)34(49)45(32(22)47)43(3)31-26(38)16-17-27(42-31)37(39,40)41/h4-8,10-14,16-17,22,24-25,28-29,46H,1,9,15,18H2,2-3H3/t22-,24+,25-,28-,29+,36+/m0/s1. The minimum Gasteiger partial charge on any atom is -0.507 e. The van der Waals surface area contributed by atoms with Crippen molar-refractivity contribution in [2.75, 3.05) is 17.0 Å². The monoisotopic (exact) mass is 704 g/mol. The highest BCUT2D eigenvalue weighted by Gasteiger charge is 2.68. The molecular weight excluding hydrogens is 673 g/mol. The van der Waals surface area contributed by atoms with Gasteiger partial charge in [0.2, 0.25) is 11.8 Å². The fraction of sp³-hybridized carbons (Fsp3) is 0.324. The van der Waals surface area contributed by atoms with E-state index in [2.05, 4.69) is 11.6 Å². The summed E-state index contributed by atoms with van der Waals surface area (Å²) in [6.07, 6.45) is -0.862. The van der Waals surface area contributed by atoms with Crippen LogP contribution in [0.15, 0.2) is 85.0 Å². The third kappa shape index (κ3) is 4.79. The van der Waals surface area contributed by atoms with Gasteiger partial charge < -0.3 is 5.11 Å². The summed E-state index contributed by atoms with van der Waals surface area (Å²) in [6, 6.07) is 15.4. The molecule has 0 spiro atoms. The SMILES string of the molecule is C=CCc1cccc([C@H]2C3=CC[C@@H]4C(=O)N(N(C)c5nc(C(F)(F)F)ccc5Cl)C(=O)[C@@H]4[C@@H]3C[C@H]3C(=O)N(c4ccccc4)C(=O)[C@@]23C)c1O. The van der Waals surface area contributed by atoms with Crippen LogP contribution in [-0.4, -0.2) is 45.8 Å². The Bertz CT molecular complexity index is 2000. The second-order valence-corrected chi connectivity index (χ2v) is 13.8. The molecule has 1 saturated carbocycles. The number of rotatable bonds is 6. The van der Waals surface area contributed by atoms with Crippen molar-refractivity contribution in [3.63, 3.8) is 0 Å². The van der Waals surface area contributed by atoms with E-state index in [4.69, 9.17) is 11.6 Å². The maximum absolute atomic E-state index is 14.6. The van der Waals surface area contributed by atoms with E-state index in [1.165, 1.54) is 11.9 Å². The maximum atomic E-state index is 14.6. The number of hydrazine groups is 1. The number of carbonyl (C=O) groups excluding carboxylic acids is 4. The molecule has 2 aromatic carbocycles. The Morgan fingerprint density at radius 3 is 2.42 bits per heavy atom. The predicted molar refractivity (Wildman–Crippen MR) is 178 cm³/mol. The molecule has 13 heteroatoms. The summed E-state index contributed by atoms with van der Waals surface area (Å²) in [4.78, 5) is 62.1. The van der Waals surface area contributed by atoms with Gasteiger partial charge in [-0.2, -0.15) is 18.2 Å². The highest BCUT2D eigenvalue weighted by atomic mass is 35.5. The number of pyridine rings is 1. The summed E-state index contributed by atoms with van der Waals surface area (Å²) in [6.45, 7) is 5.50. The molecule has 6 atom stereocenters. The Morgan fingerprint density at radius 2 is 1.74 bits per heavy atom. The molecule has 0 bridgehead atoms. The molecule has 4 aliphatic rings. The van der Waals surface area contributed by atoms with Crippen LogP contribution in [0.25, 0.3) is 0 Å². The fourth-order valence-corrected chi connectivity index (χ4v) is 8.76. The Balaban J connectivity index is 1.34. The third-order valence-corrected chi connectivity index (χ3v) is 11.1. The van der Waals surface area contributed by atoms with Gasteiger partial charge in [0, 0.05) is 18.5 Å². The Kier molecular flexibility index (Phi) is 7.93. The summed E-state index contributed by atoms with van der Waals surface area (Å²) in [5.74, 6) is -7.11. The van der Waals surface area contributed by atoms with E-state index >= 15 is 0 Å². The van der Waals surface area contributed by atoms with Crippen molar-refractivity contribution in [2.45, 2.75) is 38.3 Å². The Labute approximate surface area is 290 Å². The number of halogens is 4. The second kappa shape index (κ2) is 11.8. The molecule has 4 amide bonds. The number of allylic oxidation sites excluding steroid dienone is 3. The van der Waals surface area contributed by atoms with Crippen LogP contribution in [0.4, 0.5) is 24.7 Å². The van der Waals surface area contributed by atoms with E-state index in [0.717, 1.165) is 16.1 Å². The van der Waals surface area contributed by atoms with Gasteiger partial charge in [0.15, 0.2) is 5.82 Å². The second-order valence-electron chi connectivity index (χ2n) is 13.4. The van der Waals surface area contributed by atoms with Gasteiger partial charge in [0.1, 0.15) is 11.4 Å². The molecule has 3 heterocycles. The first-order valence-corrected chi connectivity index (χ1v) is 16.5. The highest BCUT2D eigenvalue weighted by Crippen LogP contribution is 2.64. The van der Waals surface area contributed by atoms with Gasteiger partial charge in [-0.05, 0) is 61.9 Å². The number of phenols is 1. The highest BCUT2D eigenvalue weighted by molar-refractivity contribution is 6.33. The number of aromatic hydroxyl groups is 1. The number of nitrogens with zero attached hydrogens (tertiary/aromatic N) is 4. The number of benzene rings is 2. The lowest BCUT2D eigenvalue weighted by molar-refractivity contribution is -0.141. The Morgan fingerprint density at radius 1 is 1.02 bits per heavy atom. The fourth-order valence-electron chi connectivity index (χ4n) is 8.54. The first-order chi connectivity index (χ1) is 23.7. The molecule has 2 aliphatic carbocycles. The van der Waals surface area contributed by atoms with Gasteiger partial charge in [-0.1, -0.05) is 65.7 Å². The summed E-state index contributed by atoms with van der Waals surface area (Å²) in [7, 11) is 1.25. The quantitative estimate of drug-likeness (QED) is 0.231. The summed E-state index contributed by atoms with van der Waals surface area (Å²) >= 11 is 6.25. The van der Waals surface area contributed by atoms with Crippen molar-refractivity contribution in [1.29, 1.82) is 0 Å². The van der Waals surface area contributed by atoms with E-state index < -0.39 is 76.3 Å². The Hall–Kier alpha value is -4.97. The zero-order chi connectivity index (χ0) is 35.9. The van der Waals surface area contributed by atoms with Crippen LogP contribution in [0.2, 0.25) is 5.02 Å². The average molecular weight is 705 g/mol. The van der Waals surface area contributed by atoms with Crippen LogP contribution in [0.1, 0.15) is 42.5 Å². The number of aromatic nitrogens is 1. The smallest absolute Gasteiger partial charge is 0.433 e. The minimum atomic E-state index is -4.80. The third-order valence-electron chi connectivity index (χ3n) is 10.8. The van der Waals surface area contributed by atoms with E-state index in [1.807, 2.05) is 6.08 Å². The van der Waals surface area contributed by atoms with E-state index in [9.17, 15) is 37.5 Å². The van der Waals surface area contributed by atoms with Crippen molar-refractivity contribution in [3.05, 3.63) is 107 Å². The first kappa shape index (κ1) is 33.5. The minimum absolute atomic E-state index is 0.0556. The van der Waals surface area contributed by atoms with Crippen molar-refractivity contribution in [3.8, 4) is 5.75 Å². The van der Waals surface area contributed by atoms with Crippen molar-refractivity contribution < 1.29 is 37.5 Å². The number of hydrogen-bond acceptors (Lipinski definition) is 7. The molecule has 50 heavy (non-hydrogen) atoms. The lowest BCUT2D eigenvalue weighted by atomic mass is 9.51. The van der Waals surface area contributed by atoms with Crippen LogP contribution >= 0.6 is 11.6 Å². The molecule has 1 aromatic heterocycles. The van der Waals surface area contributed by atoms with Crippen LogP contribution in [0.3, 0.4) is 0 Å². The molecule has 9 nitrogen and oxygen atoms in total. The lowest BCUT2D eigenvalue weighted by Crippen LogP contribution is -2.49. The van der Waals surface area contributed by atoms with Gasteiger partial charge in [0.05, 0.1) is 33.9 Å². The predicted octanol–water partition coefficient (Wildman–Crippen LogP) is 6.47. The number of alkyl halides is 3. The number of amides is 4. The molecular formula is C37H32ClF3N4O5. The average Bonchev–Trinajstić information content (AvgIpc) is 3.45. The zero-order valence-corrected chi connectivity index (χ0v) is 27.8. The molecule has 2 aliphatic heterocycles. The van der Waals surface area contributed by atoms with Crippen molar-refractivity contribution in [2.24, 2.45) is 29.1 Å². The van der Waals surface area contributed by atoms with Gasteiger partial charge in [-0.25, -0.2) is 9.88 Å². The van der Waals surface area contributed by atoms with Crippen LogP contribution in [-0.2, 0) is 31.8 Å². The number of fused-ring (bicyclic) bond motifs is 4. The molecule has 2 saturated heterocycles. The molecule has 7 rings (SSSR count). The first-order valence-electron chi connectivity index (χ1n) is 16.1. The van der Waals surface area contributed by atoms with Crippen LogP contribution < -0.4 is 9.91 Å². The molecule has 1 N–H and O–H groups in total. The van der Waals surface area contributed by atoms with Crippen LogP contribution in [0.5, 0.6) is 5.75 Å². The summed E-state index contributed by atoms with van der Waals surface area (Å²) in [5, 5.41) is 13.2. The molecule has 3 aromatic rings. The molecule has 258 valence electrons. The number of carbonyl (C=O) groups is 4. The maximum Gasteiger partial charge on any atom is 0.433 e. The zero-order valence-electron chi connectivity index (χ0n) is 27.0. The largest absolute Gasteiger partial charge is 0.507 e.